The summed E-state index contributed by atoms with van der Waals surface area (Å²) in [5, 5.41) is 9.29. The smallest absolute Gasteiger partial charge is 0.148 e. The summed E-state index contributed by atoms with van der Waals surface area (Å²) in [7, 11) is 0. The Hall–Kier alpha value is -0.630. The van der Waals surface area contributed by atoms with E-state index in [1.54, 1.807) is 0 Å². The zero-order chi connectivity index (χ0) is 9.40. The number of carbonyl (C=O) groups is 1. The Labute approximate surface area is 74.3 Å². The summed E-state index contributed by atoms with van der Waals surface area (Å²) in [6, 6.07) is 0. The van der Waals surface area contributed by atoms with Gasteiger partial charge in [-0.1, -0.05) is 39.2 Å². The van der Waals surface area contributed by atoms with Crippen LogP contribution in [0.25, 0.3) is 0 Å². The molecule has 1 N–H and O–H groups in total. The zero-order valence-electron chi connectivity index (χ0n) is 7.75. The lowest BCUT2D eigenvalue weighted by Crippen LogP contribution is -2.09. The van der Waals surface area contributed by atoms with Gasteiger partial charge in [0.05, 0.1) is 6.10 Å². The number of unbranched alkanes of at least 4 members (excludes halogenated alkanes) is 3. The highest BCUT2D eigenvalue weighted by Gasteiger charge is 2.06. The van der Waals surface area contributed by atoms with Crippen molar-refractivity contribution < 1.29 is 9.90 Å². The minimum absolute atomic E-state index is 0.298. The van der Waals surface area contributed by atoms with Crippen LogP contribution in [0.4, 0.5) is 0 Å². The molecule has 0 fully saturated rings. The van der Waals surface area contributed by atoms with Gasteiger partial charge in [0, 0.05) is 5.57 Å². The molecule has 0 spiro atoms. The molecule has 1 unspecified atom stereocenters. The molecule has 2 nitrogen and oxygen atoms in total. The van der Waals surface area contributed by atoms with Crippen LogP contribution < -0.4 is 0 Å². The lowest BCUT2D eigenvalue weighted by atomic mass is 10.1. The molecular weight excluding hydrogens is 152 g/mol. The summed E-state index contributed by atoms with van der Waals surface area (Å²) >= 11 is 0. The Balaban J connectivity index is 3.37. The molecule has 1 atom stereocenters. The van der Waals surface area contributed by atoms with Crippen LogP contribution in [0.3, 0.4) is 0 Å². The maximum atomic E-state index is 10.2. The van der Waals surface area contributed by atoms with Gasteiger partial charge in [-0.15, -0.1) is 0 Å². The summed E-state index contributed by atoms with van der Waals surface area (Å²) in [5.41, 5.74) is 0.298. The summed E-state index contributed by atoms with van der Waals surface area (Å²) in [5.74, 6) is 0. The fourth-order valence-electron chi connectivity index (χ4n) is 1.03. The average molecular weight is 170 g/mol. The van der Waals surface area contributed by atoms with E-state index in [-0.39, 0.29) is 0 Å². The molecule has 0 aromatic heterocycles. The van der Waals surface area contributed by atoms with Crippen LogP contribution in [0.2, 0.25) is 0 Å². The van der Waals surface area contributed by atoms with Gasteiger partial charge in [0.2, 0.25) is 0 Å². The van der Waals surface area contributed by atoms with Crippen molar-refractivity contribution >= 4 is 6.29 Å². The van der Waals surface area contributed by atoms with Gasteiger partial charge in [-0.05, 0) is 6.42 Å². The molecule has 0 rings (SSSR count). The first-order valence-electron chi connectivity index (χ1n) is 4.54. The Morgan fingerprint density at radius 1 is 1.50 bits per heavy atom. The molecule has 0 aliphatic heterocycles. The van der Waals surface area contributed by atoms with Crippen molar-refractivity contribution in [2.45, 2.75) is 45.1 Å². The van der Waals surface area contributed by atoms with Crippen molar-refractivity contribution in [3.8, 4) is 0 Å². The van der Waals surface area contributed by atoms with Crippen molar-refractivity contribution in [1.82, 2.24) is 0 Å². The van der Waals surface area contributed by atoms with Crippen molar-refractivity contribution in [3.63, 3.8) is 0 Å². The minimum atomic E-state index is -0.626. The number of hydrogen-bond donors (Lipinski definition) is 1. The molecule has 0 saturated heterocycles. The second-order valence-electron chi connectivity index (χ2n) is 3.06. The van der Waals surface area contributed by atoms with Gasteiger partial charge in [-0.3, -0.25) is 4.79 Å². The molecule has 0 saturated carbocycles. The molecule has 0 aromatic rings. The molecule has 0 aliphatic carbocycles. The van der Waals surface area contributed by atoms with Crippen LogP contribution in [0, 0.1) is 0 Å². The maximum Gasteiger partial charge on any atom is 0.148 e. The normalized spacial score (nSPS) is 12.5. The zero-order valence-corrected chi connectivity index (χ0v) is 7.75. The van der Waals surface area contributed by atoms with Crippen LogP contribution in [-0.4, -0.2) is 17.5 Å². The lowest BCUT2D eigenvalue weighted by molar-refractivity contribution is -0.105. The second kappa shape index (κ2) is 7.04. The Morgan fingerprint density at radius 2 is 2.17 bits per heavy atom. The van der Waals surface area contributed by atoms with Crippen molar-refractivity contribution in [2.75, 3.05) is 0 Å². The SMILES string of the molecule is C=C(C=O)C(O)CCCCCC. The van der Waals surface area contributed by atoms with E-state index in [1.165, 1.54) is 12.8 Å². The minimum Gasteiger partial charge on any atom is -0.388 e. The Morgan fingerprint density at radius 3 is 2.67 bits per heavy atom. The summed E-state index contributed by atoms with van der Waals surface area (Å²) in [6.45, 7) is 5.59. The predicted molar refractivity (Wildman–Crippen MR) is 50.0 cm³/mol. The highest BCUT2D eigenvalue weighted by molar-refractivity contribution is 5.73. The third kappa shape index (κ3) is 5.08. The summed E-state index contributed by atoms with van der Waals surface area (Å²) in [6.07, 6.45) is 5.15. The Bertz CT molecular complexity index is 141. The molecule has 0 radical (unpaired) electrons. The van der Waals surface area contributed by atoms with Crippen LogP contribution in [0.5, 0.6) is 0 Å². The van der Waals surface area contributed by atoms with Gasteiger partial charge in [-0.25, -0.2) is 0 Å². The Kier molecular flexibility index (Phi) is 6.67. The molecule has 2 heteroatoms. The molecule has 0 heterocycles. The first kappa shape index (κ1) is 11.4. The van der Waals surface area contributed by atoms with Gasteiger partial charge >= 0.3 is 0 Å². The molecule has 0 aliphatic rings. The number of carbonyl (C=O) groups excluding carboxylic acids is 1. The maximum absolute atomic E-state index is 10.2. The fraction of sp³-hybridized carbons (Fsp3) is 0.700. The van der Waals surface area contributed by atoms with E-state index < -0.39 is 6.10 Å². The first-order chi connectivity index (χ1) is 5.72. The number of rotatable bonds is 7. The van der Waals surface area contributed by atoms with Crippen LogP contribution in [0.1, 0.15) is 39.0 Å². The third-order valence-corrected chi connectivity index (χ3v) is 1.91. The molecule has 0 aromatic carbocycles. The highest BCUT2D eigenvalue weighted by Crippen LogP contribution is 2.09. The van der Waals surface area contributed by atoms with Gasteiger partial charge in [0.15, 0.2) is 0 Å². The van der Waals surface area contributed by atoms with E-state index in [4.69, 9.17) is 0 Å². The van der Waals surface area contributed by atoms with Gasteiger partial charge in [0.1, 0.15) is 6.29 Å². The van der Waals surface area contributed by atoms with Crippen LogP contribution in [0.15, 0.2) is 12.2 Å². The quantitative estimate of drug-likeness (QED) is 0.361. The number of aliphatic hydroxyl groups is 1. The summed E-state index contributed by atoms with van der Waals surface area (Å²) < 4.78 is 0. The first-order valence-corrected chi connectivity index (χ1v) is 4.54. The van der Waals surface area contributed by atoms with Crippen molar-refractivity contribution in [3.05, 3.63) is 12.2 Å². The molecule has 0 amide bonds. The van der Waals surface area contributed by atoms with E-state index in [1.807, 2.05) is 0 Å². The van der Waals surface area contributed by atoms with Gasteiger partial charge in [-0.2, -0.15) is 0 Å². The summed E-state index contributed by atoms with van der Waals surface area (Å²) in [4.78, 5) is 10.2. The van der Waals surface area contributed by atoms with E-state index in [0.717, 1.165) is 12.8 Å². The highest BCUT2D eigenvalue weighted by atomic mass is 16.3. The van der Waals surface area contributed by atoms with E-state index >= 15 is 0 Å². The molecular formula is C10H18O2. The number of hydrogen-bond acceptors (Lipinski definition) is 2. The van der Waals surface area contributed by atoms with Crippen molar-refractivity contribution in [2.24, 2.45) is 0 Å². The molecule has 0 bridgehead atoms. The van der Waals surface area contributed by atoms with E-state index in [0.29, 0.717) is 18.3 Å². The van der Waals surface area contributed by atoms with Gasteiger partial charge in [0.25, 0.3) is 0 Å². The second-order valence-corrected chi connectivity index (χ2v) is 3.06. The molecule has 70 valence electrons. The molecule has 12 heavy (non-hydrogen) atoms. The van der Waals surface area contributed by atoms with Crippen molar-refractivity contribution in [1.29, 1.82) is 0 Å². The number of aliphatic hydroxyl groups excluding tert-OH is 1. The fourth-order valence-corrected chi connectivity index (χ4v) is 1.03. The van der Waals surface area contributed by atoms with Crippen LogP contribution in [-0.2, 0) is 4.79 Å². The number of aldehydes is 1. The largest absolute Gasteiger partial charge is 0.388 e. The third-order valence-electron chi connectivity index (χ3n) is 1.91. The monoisotopic (exact) mass is 170 g/mol. The van der Waals surface area contributed by atoms with E-state index in [2.05, 4.69) is 13.5 Å². The standard InChI is InChI=1S/C10H18O2/c1-3-4-5-6-7-10(12)9(2)8-11/h8,10,12H,2-7H2,1H3. The van der Waals surface area contributed by atoms with E-state index in [9.17, 15) is 9.90 Å². The topological polar surface area (TPSA) is 37.3 Å². The average Bonchev–Trinajstić information content (AvgIpc) is 2.10. The van der Waals surface area contributed by atoms with Crippen LogP contribution >= 0.6 is 0 Å². The van der Waals surface area contributed by atoms with Gasteiger partial charge < -0.3 is 5.11 Å². The predicted octanol–water partition coefficient (Wildman–Crippen LogP) is 2.07. The lowest BCUT2D eigenvalue weighted by Gasteiger charge is -2.07.